The fourth-order valence-corrected chi connectivity index (χ4v) is 3.31. The minimum Gasteiger partial charge on any atom is -0.356 e. The Morgan fingerprint density at radius 3 is 2.70 bits per heavy atom. The Hall–Kier alpha value is -0.320. The third-order valence-electron chi connectivity index (χ3n) is 4.46. The van der Waals surface area contributed by atoms with Crippen LogP contribution in [0, 0.1) is 11.8 Å². The van der Waals surface area contributed by atoms with Crippen LogP contribution in [-0.4, -0.2) is 50.1 Å². The molecule has 4 nitrogen and oxygen atoms in total. The van der Waals surface area contributed by atoms with Gasteiger partial charge in [0.05, 0.1) is 0 Å². The number of carbonyl (C=O) groups is 1. The van der Waals surface area contributed by atoms with E-state index in [9.17, 15) is 4.79 Å². The van der Waals surface area contributed by atoms with Crippen molar-refractivity contribution in [1.82, 2.24) is 15.5 Å². The van der Waals surface area contributed by atoms with Crippen LogP contribution in [0.15, 0.2) is 0 Å². The van der Waals surface area contributed by atoms with Gasteiger partial charge in [0.1, 0.15) is 0 Å². The van der Waals surface area contributed by atoms with Crippen LogP contribution < -0.4 is 10.6 Å². The molecule has 1 heterocycles. The molecule has 20 heavy (non-hydrogen) atoms. The van der Waals surface area contributed by atoms with E-state index < -0.39 is 0 Å². The second-order valence-corrected chi connectivity index (χ2v) is 6.28. The average molecular weight is 304 g/mol. The summed E-state index contributed by atoms with van der Waals surface area (Å²) in [6, 6.07) is 0. The van der Waals surface area contributed by atoms with Crippen molar-refractivity contribution in [3.05, 3.63) is 0 Å². The summed E-state index contributed by atoms with van der Waals surface area (Å²) < 4.78 is 0. The standard InChI is InChI=1S/C15H29N3O.ClH/c1-13-3-4-14(11-13)12-15(19)17-5-2-8-18-9-6-16-7-10-18;/h13-14,16H,2-12H2,1H3,(H,17,19);1H. The van der Waals surface area contributed by atoms with Crippen molar-refractivity contribution in [3.8, 4) is 0 Å². The molecule has 2 unspecified atom stereocenters. The summed E-state index contributed by atoms with van der Waals surface area (Å²) in [6.07, 6.45) is 5.62. The van der Waals surface area contributed by atoms with Crippen LogP contribution in [0.25, 0.3) is 0 Å². The van der Waals surface area contributed by atoms with Gasteiger partial charge in [-0.15, -0.1) is 12.4 Å². The monoisotopic (exact) mass is 303 g/mol. The van der Waals surface area contributed by atoms with Crippen LogP contribution >= 0.6 is 12.4 Å². The lowest BCUT2D eigenvalue weighted by atomic mass is 10.0. The van der Waals surface area contributed by atoms with Gasteiger partial charge in [0, 0.05) is 39.1 Å². The van der Waals surface area contributed by atoms with Gasteiger partial charge in [-0.2, -0.15) is 0 Å². The number of rotatable bonds is 6. The van der Waals surface area contributed by atoms with Crippen molar-refractivity contribution in [3.63, 3.8) is 0 Å². The number of hydrogen-bond donors (Lipinski definition) is 2. The minimum atomic E-state index is 0. The van der Waals surface area contributed by atoms with E-state index in [0.717, 1.165) is 58.0 Å². The quantitative estimate of drug-likeness (QED) is 0.733. The Balaban J connectivity index is 0.00000200. The zero-order valence-electron chi connectivity index (χ0n) is 12.7. The Morgan fingerprint density at radius 1 is 1.30 bits per heavy atom. The lowest BCUT2D eigenvalue weighted by Crippen LogP contribution is -2.44. The van der Waals surface area contributed by atoms with Crippen molar-refractivity contribution in [1.29, 1.82) is 0 Å². The van der Waals surface area contributed by atoms with E-state index in [2.05, 4.69) is 22.5 Å². The summed E-state index contributed by atoms with van der Waals surface area (Å²) >= 11 is 0. The maximum Gasteiger partial charge on any atom is 0.220 e. The number of halogens is 1. The van der Waals surface area contributed by atoms with E-state index >= 15 is 0 Å². The van der Waals surface area contributed by atoms with Crippen LogP contribution in [0.2, 0.25) is 0 Å². The van der Waals surface area contributed by atoms with Gasteiger partial charge in [0.2, 0.25) is 5.91 Å². The number of carbonyl (C=O) groups excluding carboxylic acids is 1. The van der Waals surface area contributed by atoms with Crippen molar-refractivity contribution in [2.45, 2.75) is 39.0 Å². The summed E-state index contributed by atoms with van der Waals surface area (Å²) in [6.45, 7) is 8.75. The topological polar surface area (TPSA) is 44.4 Å². The first kappa shape index (κ1) is 17.7. The van der Waals surface area contributed by atoms with Crippen molar-refractivity contribution >= 4 is 18.3 Å². The first-order chi connectivity index (χ1) is 9.24. The molecule has 0 aromatic carbocycles. The van der Waals surface area contributed by atoms with Gasteiger partial charge in [-0.1, -0.05) is 13.3 Å². The summed E-state index contributed by atoms with van der Waals surface area (Å²) in [5, 5.41) is 6.44. The molecule has 0 spiro atoms. The predicted molar refractivity (Wildman–Crippen MR) is 85.3 cm³/mol. The second-order valence-electron chi connectivity index (χ2n) is 6.28. The summed E-state index contributed by atoms with van der Waals surface area (Å²) in [5.74, 6) is 1.73. The Kier molecular flexibility index (Phi) is 8.50. The number of nitrogens with zero attached hydrogens (tertiary/aromatic N) is 1. The zero-order chi connectivity index (χ0) is 13.5. The largest absolute Gasteiger partial charge is 0.356 e. The average Bonchev–Trinajstić information content (AvgIpc) is 2.81. The first-order valence-electron chi connectivity index (χ1n) is 7.94. The van der Waals surface area contributed by atoms with E-state index in [1.54, 1.807) is 0 Å². The van der Waals surface area contributed by atoms with Gasteiger partial charge in [0.25, 0.3) is 0 Å². The van der Waals surface area contributed by atoms with Crippen LogP contribution in [-0.2, 0) is 4.79 Å². The molecule has 1 amide bonds. The van der Waals surface area contributed by atoms with E-state index in [0.29, 0.717) is 5.92 Å². The third kappa shape index (κ3) is 6.42. The predicted octanol–water partition coefficient (Wildman–Crippen LogP) is 1.65. The van der Waals surface area contributed by atoms with E-state index in [1.165, 1.54) is 19.3 Å². The smallest absolute Gasteiger partial charge is 0.220 e. The molecule has 2 rings (SSSR count). The Morgan fingerprint density at radius 2 is 2.05 bits per heavy atom. The molecular weight excluding hydrogens is 274 g/mol. The molecule has 2 fully saturated rings. The van der Waals surface area contributed by atoms with Gasteiger partial charge in [-0.3, -0.25) is 4.79 Å². The normalized spacial score (nSPS) is 27.1. The summed E-state index contributed by atoms with van der Waals surface area (Å²) in [5.41, 5.74) is 0. The molecule has 0 radical (unpaired) electrons. The van der Waals surface area contributed by atoms with Crippen molar-refractivity contribution in [2.24, 2.45) is 11.8 Å². The van der Waals surface area contributed by atoms with Crippen molar-refractivity contribution in [2.75, 3.05) is 39.3 Å². The zero-order valence-corrected chi connectivity index (χ0v) is 13.5. The molecule has 1 saturated carbocycles. The molecular formula is C15H30ClN3O. The molecule has 0 bridgehead atoms. The van der Waals surface area contributed by atoms with Gasteiger partial charge >= 0.3 is 0 Å². The summed E-state index contributed by atoms with van der Waals surface area (Å²) in [7, 11) is 0. The molecule has 1 aliphatic carbocycles. The number of hydrogen-bond acceptors (Lipinski definition) is 3. The molecule has 5 heteroatoms. The number of nitrogens with one attached hydrogen (secondary N) is 2. The number of piperazine rings is 1. The first-order valence-corrected chi connectivity index (χ1v) is 7.94. The fraction of sp³-hybridized carbons (Fsp3) is 0.933. The third-order valence-corrected chi connectivity index (χ3v) is 4.46. The Labute approximate surface area is 129 Å². The van der Waals surface area contributed by atoms with Crippen LogP contribution in [0.1, 0.15) is 39.0 Å². The molecule has 2 N–H and O–H groups in total. The molecule has 1 aliphatic heterocycles. The molecule has 0 aromatic rings. The highest BCUT2D eigenvalue weighted by Gasteiger charge is 2.23. The minimum absolute atomic E-state index is 0. The van der Waals surface area contributed by atoms with E-state index in [-0.39, 0.29) is 18.3 Å². The molecule has 2 aliphatic rings. The number of amides is 1. The van der Waals surface area contributed by atoms with Gasteiger partial charge in [-0.25, -0.2) is 0 Å². The highest BCUT2D eigenvalue weighted by molar-refractivity contribution is 5.85. The lowest BCUT2D eigenvalue weighted by Gasteiger charge is -2.27. The van der Waals surface area contributed by atoms with E-state index in [4.69, 9.17) is 0 Å². The van der Waals surface area contributed by atoms with E-state index in [1.807, 2.05) is 0 Å². The lowest BCUT2D eigenvalue weighted by molar-refractivity contribution is -0.122. The Bertz CT molecular complexity index is 282. The molecule has 118 valence electrons. The van der Waals surface area contributed by atoms with Crippen LogP contribution in [0.3, 0.4) is 0 Å². The maximum absolute atomic E-state index is 11.8. The van der Waals surface area contributed by atoms with Crippen LogP contribution in [0.5, 0.6) is 0 Å². The van der Waals surface area contributed by atoms with Gasteiger partial charge < -0.3 is 15.5 Å². The van der Waals surface area contributed by atoms with Crippen molar-refractivity contribution < 1.29 is 4.79 Å². The second kappa shape index (κ2) is 9.59. The SMILES string of the molecule is CC1CCC(CC(=O)NCCCN2CCNCC2)C1.Cl. The highest BCUT2D eigenvalue weighted by atomic mass is 35.5. The summed E-state index contributed by atoms with van der Waals surface area (Å²) in [4.78, 5) is 14.3. The fourth-order valence-electron chi connectivity index (χ4n) is 3.31. The molecule has 2 atom stereocenters. The highest BCUT2D eigenvalue weighted by Crippen LogP contribution is 2.32. The maximum atomic E-state index is 11.8. The van der Waals surface area contributed by atoms with Gasteiger partial charge in [-0.05, 0) is 37.6 Å². The van der Waals surface area contributed by atoms with Gasteiger partial charge in [0.15, 0.2) is 0 Å². The molecule has 0 aromatic heterocycles. The molecule has 1 saturated heterocycles. The van der Waals surface area contributed by atoms with Crippen LogP contribution in [0.4, 0.5) is 0 Å².